The van der Waals surface area contributed by atoms with Gasteiger partial charge in [-0.15, -0.1) is 0 Å². The molecular formula is C16H18FNO2. The maximum absolute atomic E-state index is 13.9. The number of halogens is 1. The number of para-hydroxylation sites is 1. The molecule has 0 heterocycles. The highest BCUT2D eigenvalue weighted by atomic mass is 19.1. The number of nitrogens with one attached hydrogen (secondary N) is 1. The van der Waals surface area contributed by atoms with Gasteiger partial charge in [0.2, 0.25) is 0 Å². The lowest BCUT2D eigenvalue weighted by molar-refractivity contribution is 0.392. The molecule has 0 saturated heterocycles. The predicted molar refractivity (Wildman–Crippen MR) is 76.3 cm³/mol. The van der Waals surface area contributed by atoms with Crippen molar-refractivity contribution >= 4 is 0 Å². The molecule has 0 saturated carbocycles. The van der Waals surface area contributed by atoms with E-state index in [1.807, 2.05) is 19.1 Å². The number of phenols is 1. The van der Waals surface area contributed by atoms with Crippen LogP contribution in [0.15, 0.2) is 42.5 Å². The molecule has 1 atom stereocenters. The first-order valence-electron chi connectivity index (χ1n) is 6.46. The molecule has 0 aliphatic carbocycles. The maximum atomic E-state index is 13.9. The summed E-state index contributed by atoms with van der Waals surface area (Å²) in [5.74, 6) is 0.441. The Labute approximate surface area is 118 Å². The first-order valence-corrected chi connectivity index (χ1v) is 6.46. The van der Waals surface area contributed by atoms with E-state index in [0.29, 0.717) is 17.9 Å². The molecule has 0 fully saturated rings. The van der Waals surface area contributed by atoms with E-state index >= 15 is 0 Å². The van der Waals surface area contributed by atoms with E-state index < -0.39 is 0 Å². The first-order chi connectivity index (χ1) is 9.63. The van der Waals surface area contributed by atoms with Crippen LogP contribution < -0.4 is 10.1 Å². The highest BCUT2D eigenvalue weighted by molar-refractivity contribution is 5.37. The van der Waals surface area contributed by atoms with Crippen molar-refractivity contribution in [1.29, 1.82) is 0 Å². The largest absolute Gasteiger partial charge is 0.508 e. The number of ether oxygens (including phenoxy) is 1. The summed E-state index contributed by atoms with van der Waals surface area (Å²) in [4.78, 5) is 0. The predicted octanol–water partition coefficient (Wildman–Crippen LogP) is 3.39. The molecule has 3 nitrogen and oxygen atoms in total. The molecule has 106 valence electrons. The van der Waals surface area contributed by atoms with Gasteiger partial charge in [-0.05, 0) is 25.1 Å². The van der Waals surface area contributed by atoms with Crippen LogP contribution in [0.5, 0.6) is 11.5 Å². The Morgan fingerprint density at radius 3 is 2.65 bits per heavy atom. The minimum Gasteiger partial charge on any atom is -0.508 e. The van der Waals surface area contributed by atoms with Crippen LogP contribution in [0.2, 0.25) is 0 Å². The van der Waals surface area contributed by atoms with Crippen LogP contribution >= 0.6 is 0 Å². The van der Waals surface area contributed by atoms with Gasteiger partial charge >= 0.3 is 0 Å². The minimum absolute atomic E-state index is 0.229. The third kappa shape index (κ3) is 3.08. The van der Waals surface area contributed by atoms with E-state index in [1.54, 1.807) is 24.3 Å². The second-order valence-corrected chi connectivity index (χ2v) is 4.59. The first kappa shape index (κ1) is 14.3. The normalized spacial score (nSPS) is 12.2. The Kier molecular flexibility index (Phi) is 4.58. The maximum Gasteiger partial charge on any atom is 0.131 e. The van der Waals surface area contributed by atoms with Crippen molar-refractivity contribution in [2.45, 2.75) is 19.5 Å². The summed E-state index contributed by atoms with van der Waals surface area (Å²) in [6.45, 7) is 2.31. The summed E-state index contributed by atoms with van der Waals surface area (Å²) in [5, 5.41) is 12.9. The molecular weight excluding hydrogens is 257 g/mol. The molecule has 0 radical (unpaired) electrons. The number of benzene rings is 2. The second kappa shape index (κ2) is 6.39. The lowest BCUT2D eigenvalue weighted by Crippen LogP contribution is -2.20. The lowest BCUT2D eigenvalue weighted by Gasteiger charge is -2.18. The zero-order valence-electron chi connectivity index (χ0n) is 11.6. The van der Waals surface area contributed by atoms with Crippen molar-refractivity contribution in [2.24, 2.45) is 0 Å². The van der Waals surface area contributed by atoms with Gasteiger partial charge in [-0.3, -0.25) is 0 Å². The summed E-state index contributed by atoms with van der Waals surface area (Å²) in [6, 6.07) is 11.6. The Hall–Kier alpha value is -2.07. The number of rotatable bonds is 5. The zero-order valence-corrected chi connectivity index (χ0v) is 11.6. The monoisotopic (exact) mass is 275 g/mol. The van der Waals surface area contributed by atoms with Gasteiger partial charge in [0.15, 0.2) is 0 Å². The van der Waals surface area contributed by atoms with E-state index in [4.69, 9.17) is 4.74 Å². The highest BCUT2D eigenvalue weighted by Gasteiger charge is 2.16. The van der Waals surface area contributed by atoms with Crippen LogP contribution in [0.25, 0.3) is 0 Å². The van der Waals surface area contributed by atoms with Crippen molar-refractivity contribution in [3.05, 3.63) is 59.4 Å². The molecule has 20 heavy (non-hydrogen) atoms. The molecule has 0 amide bonds. The SMILES string of the molecule is COc1cccc(F)c1C(C)NCc1ccccc1O. The fraction of sp³-hybridized carbons (Fsp3) is 0.250. The molecule has 2 aromatic rings. The molecule has 0 bridgehead atoms. The Balaban J connectivity index is 2.13. The fourth-order valence-corrected chi connectivity index (χ4v) is 2.14. The molecule has 0 spiro atoms. The average Bonchev–Trinajstić information content (AvgIpc) is 2.45. The topological polar surface area (TPSA) is 41.5 Å². The third-order valence-corrected chi connectivity index (χ3v) is 3.26. The summed E-state index contributed by atoms with van der Waals surface area (Å²) in [7, 11) is 1.52. The molecule has 2 rings (SSSR count). The van der Waals surface area contributed by atoms with E-state index in [-0.39, 0.29) is 17.6 Å². The summed E-state index contributed by atoms with van der Waals surface area (Å²) < 4.78 is 19.1. The van der Waals surface area contributed by atoms with Crippen molar-refractivity contribution < 1.29 is 14.2 Å². The van der Waals surface area contributed by atoms with Gasteiger partial charge < -0.3 is 15.2 Å². The summed E-state index contributed by atoms with van der Waals surface area (Å²) in [5.41, 5.74) is 1.26. The van der Waals surface area contributed by atoms with E-state index in [2.05, 4.69) is 5.32 Å². The van der Waals surface area contributed by atoms with Crippen LogP contribution in [0.3, 0.4) is 0 Å². The van der Waals surface area contributed by atoms with Gasteiger partial charge in [0, 0.05) is 23.7 Å². The summed E-state index contributed by atoms with van der Waals surface area (Å²) in [6.07, 6.45) is 0. The van der Waals surface area contributed by atoms with E-state index in [1.165, 1.54) is 13.2 Å². The van der Waals surface area contributed by atoms with Gasteiger partial charge in [0.05, 0.1) is 7.11 Å². The van der Waals surface area contributed by atoms with Crippen LogP contribution in [-0.4, -0.2) is 12.2 Å². The van der Waals surface area contributed by atoms with Crippen LogP contribution in [0.1, 0.15) is 24.1 Å². The van der Waals surface area contributed by atoms with Crippen molar-refractivity contribution in [3.8, 4) is 11.5 Å². The Bertz CT molecular complexity index is 586. The molecule has 0 aliphatic rings. The number of hydrogen-bond acceptors (Lipinski definition) is 3. The minimum atomic E-state index is -0.304. The highest BCUT2D eigenvalue weighted by Crippen LogP contribution is 2.28. The van der Waals surface area contributed by atoms with Crippen molar-refractivity contribution in [3.63, 3.8) is 0 Å². The second-order valence-electron chi connectivity index (χ2n) is 4.59. The Morgan fingerprint density at radius 2 is 1.95 bits per heavy atom. The van der Waals surface area contributed by atoms with Crippen molar-refractivity contribution in [1.82, 2.24) is 5.32 Å². The number of aromatic hydroxyl groups is 1. The smallest absolute Gasteiger partial charge is 0.131 e. The summed E-state index contributed by atoms with van der Waals surface area (Å²) >= 11 is 0. The van der Waals surface area contributed by atoms with Gasteiger partial charge in [0.1, 0.15) is 17.3 Å². The lowest BCUT2D eigenvalue weighted by atomic mass is 10.1. The molecule has 0 aliphatic heterocycles. The molecule has 0 aromatic heterocycles. The van der Waals surface area contributed by atoms with E-state index in [9.17, 15) is 9.50 Å². The van der Waals surface area contributed by atoms with Gasteiger partial charge in [0.25, 0.3) is 0 Å². The van der Waals surface area contributed by atoms with Gasteiger partial charge in [-0.25, -0.2) is 4.39 Å². The van der Waals surface area contributed by atoms with Gasteiger partial charge in [-0.2, -0.15) is 0 Å². The molecule has 1 unspecified atom stereocenters. The van der Waals surface area contributed by atoms with E-state index in [0.717, 1.165) is 5.56 Å². The van der Waals surface area contributed by atoms with Crippen LogP contribution in [0, 0.1) is 5.82 Å². The third-order valence-electron chi connectivity index (χ3n) is 3.26. The quantitative estimate of drug-likeness (QED) is 0.879. The van der Waals surface area contributed by atoms with Crippen molar-refractivity contribution in [2.75, 3.05) is 7.11 Å². The van der Waals surface area contributed by atoms with Crippen LogP contribution in [-0.2, 0) is 6.54 Å². The number of phenolic OH excluding ortho intramolecular Hbond substituents is 1. The molecule has 4 heteroatoms. The molecule has 2 aromatic carbocycles. The Morgan fingerprint density at radius 1 is 1.20 bits per heavy atom. The average molecular weight is 275 g/mol. The molecule has 2 N–H and O–H groups in total. The zero-order chi connectivity index (χ0) is 14.5. The van der Waals surface area contributed by atoms with Gasteiger partial charge in [-0.1, -0.05) is 24.3 Å². The fourth-order valence-electron chi connectivity index (χ4n) is 2.14. The van der Waals surface area contributed by atoms with Crippen LogP contribution in [0.4, 0.5) is 4.39 Å². The number of hydrogen-bond donors (Lipinski definition) is 2. The standard InChI is InChI=1S/C16H18FNO2/c1-11(16-13(17)7-5-9-15(16)20-2)18-10-12-6-3-4-8-14(12)19/h3-9,11,18-19H,10H2,1-2H3. The number of methoxy groups -OCH3 is 1.